The average Bonchev–Trinajstić information content (AvgIpc) is 3.27. The number of aromatic nitrogens is 3. The van der Waals surface area contributed by atoms with Crippen LogP contribution in [0.2, 0.25) is 0 Å². The quantitative estimate of drug-likeness (QED) is 0.394. The lowest BCUT2D eigenvalue weighted by molar-refractivity contribution is -0.115. The number of thiazole rings is 1. The smallest absolute Gasteiger partial charge is 0.239 e. The summed E-state index contributed by atoms with van der Waals surface area (Å²) >= 11 is 4.46. The molecule has 0 aliphatic rings. The number of rotatable bonds is 5. The second-order valence-corrected chi connectivity index (χ2v) is 10.5. The highest BCUT2D eigenvalue weighted by Gasteiger charge is 2.19. The molecule has 29 heavy (non-hydrogen) atoms. The van der Waals surface area contributed by atoms with Crippen molar-refractivity contribution in [2.75, 3.05) is 5.32 Å². The summed E-state index contributed by atoms with van der Waals surface area (Å²) in [5.41, 5.74) is 5.60. The van der Waals surface area contributed by atoms with E-state index in [0.29, 0.717) is 5.13 Å². The first kappa shape index (κ1) is 20.0. The number of anilines is 1. The molecule has 0 aliphatic carbocycles. The molecule has 0 saturated carbocycles. The van der Waals surface area contributed by atoms with E-state index < -0.39 is 0 Å². The summed E-state index contributed by atoms with van der Waals surface area (Å²) < 4.78 is 2.01. The number of hydrogen-bond donors (Lipinski definition) is 1. The number of aryl methyl sites for hydroxylation is 3. The Kier molecular flexibility index (Phi) is 5.67. The molecule has 0 spiro atoms. The largest absolute Gasteiger partial charge is 0.300 e. The summed E-state index contributed by atoms with van der Waals surface area (Å²) in [6.07, 6.45) is 0. The van der Waals surface area contributed by atoms with Gasteiger partial charge in [-0.3, -0.25) is 10.1 Å². The maximum atomic E-state index is 12.6. The van der Waals surface area contributed by atoms with Gasteiger partial charge in [0.05, 0.1) is 15.5 Å². The zero-order chi connectivity index (χ0) is 20.5. The Labute approximate surface area is 181 Å². The normalized spacial score (nSPS) is 12.3. The first-order chi connectivity index (χ1) is 13.9. The monoisotopic (exact) mass is 440 g/mol. The summed E-state index contributed by atoms with van der Waals surface area (Å²) in [4.78, 5) is 17.2. The van der Waals surface area contributed by atoms with Crippen molar-refractivity contribution in [3.05, 3.63) is 53.1 Å². The number of carbonyl (C=O) groups is 1. The number of fused-ring (bicyclic) bond motifs is 1. The molecule has 1 amide bonds. The SMILES string of the molecule is Cc1cc(C)c(-c2nnc(NC(=O)C(C)Sc3nc4ccccc4s3)s2)c(C)c1. The second-order valence-electron chi connectivity index (χ2n) is 6.88. The van der Waals surface area contributed by atoms with Crippen LogP contribution in [-0.4, -0.2) is 26.3 Å². The van der Waals surface area contributed by atoms with Crippen LogP contribution in [0.1, 0.15) is 23.6 Å². The third-order valence-electron chi connectivity index (χ3n) is 4.47. The van der Waals surface area contributed by atoms with Crippen LogP contribution < -0.4 is 5.32 Å². The molecule has 2 aromatic carbocycles. The minimum atomic E-state index is -0.286. The second kappa shape index (κ2) is 8.22. The summed E-state index contributed by atoms with van der Waals surface area (Å²) in [5, 5.41) is 12.4. The molecule has 0 aliphatic heterocycles. The van der Waals surface area contributed by atoms with Gasteiger partial charge in [0.15, 0.2) is 4.34 Å². The predicted octanol–water partition coefficient (Wildman–Crippen LogP) is 5.86. The summed E-state index contributed by atoms with van der Waals surface area (Å²) in [6, 6.07) is 12.3. The molecule has 0 radical (unpaired) electrons. The van der Waals surface area contributed by atoms with Gasteiger partial charge in [0.25, 0.3) is 0 Å². The lowest BCUT2D eigenvalue weighted by atomic mass is 10.0. The predicted molar refractivity (Wildman–Crippen MR) is 123 cm³/mol. The van der Waals surface area contributed by atoms with Gasteiger partial charge >= 0.3 is 0 Å². The van der Waals surface area contributed by atoms with Gasteiger partial charge in [0, 0.05) is 5.56 Å². The number of nitrogens with one attached hydrogen (secondary N) is 1. The topological polar surface area (TPSA) is 67.8 Å². The molecule has 2 heterocycles. The van der Waals surface area contributed by atoms with Crippen LogP contribution in [0.4, 0.5) is 5.13 Å². The molecular formula is C21H20N4OS3. The Morgan fingerprint density at radius 3 is 2.52 bits per heavy atom. The van der Waals surface area contributed by atoms with Crippen molar-refractivity contribution in [3.8, 4) is 10.6 Å². The Hall–Kier alpha value is -2.29. The average molecular weight is 441 g/mol. The van der Waals surface area contributed by atoms with E-state index in [0.717, 1.165) is 36.3 Å². The first-order valence-corrected chi connectivity index (χ1v) is 11.7. The van der Waals surface area contributed by atoms with E-state index in [-0.39, 0.29) is 11.2 Å². The molecule has 5 nitrogen and oxygen atoms in total. The van der Waals surface area contributed by atoms with E-state index in [1.54, 1.807) is 11.3 Å². The van der Waals surface area contributed by atoms with Crippen molar-refractivity contribution in [1.82, 2.24) is 15.2 Å². The fraction of sp³-hybridized carbons (Fsp3) is 0.238. The number of hydrogen-bond acceptors (Lipinski definition) is 7. The van der Waals surface area contributed by atoms with Gasteiger partial charge in [-0.15, -0.1) is 21.5 Å². The third-order valence-corrected chi connectivity index (χ3v) is 7.55. The number of para-hydroxylation sites is 1. The first-order valence-electron chi connectivity index (χ1n) is 9.15. The Balaban J connectivity index is 1.46. The Bertz CT molecular complexity index is 1140. The van der Waals surface area contributed by atoms with E-state index in [4.69, 9.17) is 0 Å². The van der Waals surface area contributed by atoms with Gasteiger partial charge in [-0.25, -0.2) is 4.98 Å². The van der Waals surface area contributed by atoms with E-state index in [9.17, 15) is 4.79 Å². The number of carbonyl (C=O) groups excluding carboxylic acids is 1. The number of nitrogens with zero attached hydrogens (tertiary/aromatic N) is 3. The van der Waals surface area contributed by atoms with Crippen molar-refractivity contribution < 1.29 is 4.79 Å². The van der Waals surface area contributed by atoms with Crippen LogP contribution in [0.25, 0.3) is 20.8 Å². The van der Waals surface area contributed by atoms with Gasteiger partial charge in [0.1, 0.15) is 5.01 Å². The molecule has 1 N–H and O–H groups in total. The fourth-order valence-corrected chi connectivity index (χ4v) is 6.34. The molecule has 4 rings (SSSR count). The zero-order valence-corrected chi connectivity index (χ0v) is 19.0. The summed E-state index contributed by atoms with van der Waals surface area (Å²) in [5.74, 6) is -0.102. The van der Waals surface area contributed by atoms with Crippen molar-refractivity contribution in [2.45, 2.75) is 37.3 Å². The van der Waals surface area contributed by atoms with Crippen LogP contribution in [0, 0.1) is 20.8 Å². The lowest BCUT2D eigenvalue weighted by Crippen LogP contribution is -2.22. The van der Waals surface area contributed by atoms with Gasteiger partial charge in [-0.05, 0) is 51.0 Å². The van der Waals surface area contributed by atoms with Crippen molar-refractivity contribution in [2.24, 2.45) is 0 Å². The number of thioether (sulfide) groups is 1. The molecule has 1 unspecified atom stereocenters. The van der Waals surface area contributed by atoms with E-state index in [1.807, 2.05) is 31.2 Å². The van der Waals surface area contributed by atoms with Crippen LogP contribution in [0.5, 0.6) is 0 Å². The van der Waals surface area contributed by atoms with Crippen LogP contribution >= 0.6 is 34.4 Å². The van der Waals surface area contributed by atoms with Gasteiger partial charge < -0.3 is 0 Å². The van der Waals surface area contributed by atoms with Crippen molar-refractivity contribution in [3.63, 3.8) is 0 Å². The highest BCUT2D eigenvalue weighted by molar-refractivity contribution is 8.02. The summed E-state index contributed by atoms with van der Waals surface area (Å²) in [7, 11) is 0. The minimum Gasteiger partial charge on any atom is -0.300 e. The van der Waals surface area contributed by atoms with Crippen LogP contribution in [0.3, 0.4) is 0 Å². The molecule has 8 heteroatoms. The van der Waals surface area contributed by atoms with E-state index in [1.165, 1.54) is 28.7 Å². The van der Waals surface area contributed by atoms with Crippen LogP contribution in [0.15, 0.2) is 40.7 Å². The lowest BCUT2D eigenvalue weighted by Gasteiger charge is -2.08. The van der Waals surface area contributed by atoms with Gasteiger partial charge in [-0.1, -0.05) is 52.9 Å². The number of benzene rings is 2. The minimum absolute atomic E-state index is 0.102. The van der Waals surface area contributed by atoms with E-state index >= 15 is 0 Å². The van der Waals surface area contributed by atoms with Gasteiger partial charge in [0.2, 0.25) is 11.0 Å². The zero-order valence-electron chi connectivity index (χ0n) is 16.5. The molecule has 2 aromatic heterocycles. The molecule has 148 valence electrons. The molecule has 1 atom stereocenters. The highest BCUT2D eigenvalue weighted by atomic mass is 32.2. The molecule has 0 fully saturated rings. The van der Waals surface area contributed by atoms with Crippen molar-refractivity contribution in [1.29, 1.82) is 0 Å². The Morgan fingerprint density at radius 2 is 1.79 bits per heavy atom. The maximum Gasteiger partial charge on any atom is 0.239 e. The standard InChI is InChI=1S/C21H20N4OS3/c1-11-9-12(2)17(13(3)10-11)19-24-25-20(29-19)23-18(26)14(4)27-21-22-15-7-5-6-8-16(15)28-21/h5-10,14H,1-4H3,(H,23,25,26). The summed E-state index contributed by atoms with van der Waals surface area (Å²) in [6.45, 7) is 8.11. The molecule has 4 aromatic rings. The van der Waals surface area contributed by atoms with Crippen molar-refractivity contribution >= 4 is 55.7 Å². The van der Waals surface area contributed by atoms with Gasteiger partial charge in [-0.2, -0.15) is 0 Å². The van der Waals surface area contributed by atoms with E-state index in [2.05, 4.69) is 53.4 Å². The maximum absolute atomic E-state index is 12.6. The third kappa shape index (κ3) is 4.34. The fourth-order valence-electron chi connectivity index (χ4n) is 3.21. The number of amides is 1. The Morgan fingerprint density at radius 1 is 1.07 bits per heavy atom. The molecule has 0 bridgehead atoms. The van der Waals surface area contributed by atoms with Crippen LogP contribution in [-0.2, 0) is 4.79 Å². The highest BCUT2D eigenvalue weighted by Crippen LogP contribution is 2.34. The molecular weight excluding hydrogens is 420 g/mol. The molecule has 0 saturated heterocycles.